The van der Waals surface area contributed by atoms with Crippen LogP contribution in [0.4, 0.5) is 0 Å². The minimum absolute atomic E-state index is 0.404. The van der Waals surface area contributed by atoms with E-state index < -0.39 is 0 Å². The zero-order valence-corrected chi connectivity index (χ0v) is 14.3. The van der Waals surface area contributed by atoms with Crippen LogP contribution in [0.5, 0.6) is 5.75 Å². The van der Waals surface area contributed by atoms with Crippen LogP contribution in [0.1, 0.15) is 64.1 Å². The number of benzene rings is 1. The van der Waals surface area contributed by atoms with Crippen LogP contribution in [0.3, 0.4) is 0 Å². The monoisotopic (exact) mass is 289 g/mol. The standard InChI is InChI=1S/C19H31NO/c1-14(13-19(2,3)4)11-17(20-5)15-8-9-18-16(12-15)7-6-10-21-18/h8-9,12,14,17,20H,6-7,10-11,13H2,1-5H3. The van der Waals surface area contributed by atoms with Crippen LogP contribution in [0, 0.1) is 11.3 Å². The van der Waals surface area contributed by atoms with Crippen LogP contribution in [-0.4, -0.2) is 13.7 Å². The van der Waals surface area contributed by atoms with Gasteiger partial charge in [0.15, 0.2) is 0 Å². The average Bonchev–Trinajstić information content (AvgIpc) is 2.42. The van der Waals surface area contributed by atoms with Gasteiger partial charge in [0.2, 0.25) is 0 Å². The van der Waals surface area contributed by atoms with Gasteiger partial charge < -0.3 is 10.1 Å². The van der Waals surface area contributed by atoms with E-state index in [1.54, 1.807) is 0 Å². The van der Waals surface area contributed by atoms with Crippen molar-refractivity contribution in [1.82, 2.24) is 5.32 Å². The van der Waals surface area contributed by atoms with Gasteiger partial charge in [-0.25, -0.2) is 0 Å². The summed E-state index contributed by atoms with van der Waals surface area (Å²) in [5, 5.41) is 3.50. The Kier molecular flexibility index (Phi) is 5.32. The van der Waals surface area contributed by atoms with E-state index in [2.05, 4.69) is 58.3 Å². The fourth-order valence-electron chi connectivity index (χ4n) is 3.55. The lowest BCUT2D eigenvalue weighted by Gasteiger charge is -2.27. The molecule has 2 rings (SSSR count). The molecule has 2 unspecified atom stereocenters. The SMILES string of the molecule is CNC(CC(C)CC(C)(C)C)c1ccc2c(c1)CCCO2. The number of nitrogens with one attached hydrogen (secondary N) is 1. The topological polar surface area (TPSA) is 21.3 Å². The Balaban J connectivity index is 2.07. The second-order valence-corrected chi connectivity index (χ2v) is 7.77. The van der Waals surface area contributed by atoms with E-state index in [4.69, 9.17) is 4.74 Å². The highest BCUT2D eigenvalue weighted by molar-refractivity contribution is 5.39. The van der Waals surface area contributed by atoms with Crippen molar-refractivity contribution >= 4 is 0 Å². The molecule has 21 heavy (non-hydrogen) atoms. The second kappa shape index (κ2) is 6.83. The van der Waals surface area contributed by atoms with E-state index in [9.17, 15) is 0 Å². The molecule has 0 aliphatic carbocycles. The van der Waals surface area contributed by atoms with E-state index in [1.165, 1.54) is 24.0 Å². The van der Waals surface area contributed by atoms with E-state index in [-0.39, 0.29) is 0 Å². The van der Waals surface area contributed by atoms with Crippen LogP contribution in [0.15, 0.2) is 18.2 Å². The Morgan fingerprint density at radius 2 is 2.05 bits per heavy atom. The maximum Gasteiger partial charge on any atom is 0.122 e. The Morgan fingerprint density at radius 1 is 1.29 bits per heavy atom. The van der Waals surface area contributed by atoms with Gasteiger partial charge in [0.1, 0.15) is 5.75 Å². The average molecular weight is 289 g/mol. The molecule has 118 valence electrons. The first-order valence-electron chi connectivity index (χ1n) is 8.32. The molecule has 1 heterocycles. The van der Waals surface area contributed by atoms with Gasteiger partial charge in [0.25, 0.3) is 0 Å². The third kappa shape index (κ3) is 4.74. The van der Waals surface area contributed by atoms with Crippen LogP contribution in [0.25, 0.3) is 0 Å². The minimum atomic E-state index is 0.404. The van der Waals surface area contributed by atoms with Crippen molar-refractivity contribution in [2.24, 2.45) is 11.3 Å². The molecule has 0 spiro atoms. The Labute approximate surface area is 130 Å². The third-order valence-corrected chi connectivity index (χ3v) is 4.28. The van der Waals surface area contributed by atoms with Gasteiger partial charge in [-0.15, -0.1) is 0 Å². The molecule has 0 saturated heterocycles. The summed E-state index contributed by atoms with van der Waals surface area (Å²) in [6.07, 6.45) is 4.74. The Morgan fingerprint density at radius 3 is 2.71 bits per heavy atom. The normalized spacial score (nSPS) is 17.8. The highest BCUT2D eigenvalue weighted by Gasteiger charge is 2.20. The fourth-order valence-corrected chi connectivity index (χ4v) is 3.55. The van der Waals surface area contributed by atoms with Crippen LogP contribution in [-0.2, 0) is 6.42 Å². The van der Waals surface area contributed by atoms with Gasteiger partial charge in [-0.3, -0.25) is 0 Å². The van der Waals surface area contributed by atoms with Crippen molar-refractivity contribution in [1.29, 1.82) is 0 Å². The highest BCUT2D eigenvalue weighted by Crippen LogP contribution is 2.33. The van der Waals surface area contributed by atoms with Gasteiger partial charge >= 0.3 is 0 Å². The molecule has 1 aliphatic rings. The summed E-state index contributed by atoms with van der Waals surface area (Å²) in [7, 11) is 2.07. The largest absolute Gasteiger partial charge is 0.493 e. The zero-order valence-electron chi connectivity index (χ0n) is 14.3. The zero-order chi connectivity index (χ0) is 15.5. The Bertz CT molecular complexity index is 461. The molecule has 2 nitrogen and oxygen atoms in total. The van der Waals surface area contributed by atoms with Crippen molar-refractivity contribution in [3.05, 3.63) is 29.3 Å². The van der Waals surface area contributed by atoms with Crippen LogP contribution < -0.4 is 10.1 Å². The predicted molar refractivity (Wildman–Crippen MR) is 89.9 cm³/mol. The summed E-state index contributed by atoms with van der Waals surface area (Å²) in [4.78, 5) is 0. The lowest BCUT2D eigenvalue weighted by Crippen LogP contribution is -2.22. The number of aryl methyl sites for hydroxylation is 1. The molecule has 2 heteroatoms. The number of fused-ring (bicyclic) bond motifs is 1. The lowest BCUT2D eigenvalue weighted by molar-refractivity contribution is 0.277. The molecule has 1 aliphatic heterocycles. The van der Waals surface area contributed by atoms with E-state index in [1.807, 2.05) is 0 Å². The molecule has 0 bridgehead atoms. The molecule has 2 atom stereocenters. The van der Waals surface area contributed by atoms with Gasteiger partial charge in [0, 0.05) is 6.04 Å². The summed E-state index contributed by atoms with van der Waals surface area (Å²) < 4.78 is 5.72. The summed E-state index contributed by atoms with van der Waals surface area (Å²) in [6, 6.07) is 7.17. The van der Waals surface area contributed by atoms with Gasteiger partial charge in [-0.1, -0.05) is 39.8 Å². The molecule has 0 radical (unpaired) electrons. The second-order valence-electron chi connectivity index (χ2n) is 7.77. The molecule has 1 aromatic rings. The lowest BCUT2D eigenvalue weighted by atomic mass is 9.82. The summed E-state index contributed by atoms with van der Waals surface area (Å²) in [5.41, 5.74) is 3.19. The number of ether oxygens (including phenoxy) is 1. The number of rotatable bonds is 5. The number of hydrogen-bond donors (Lipinski definition) is 1. The summed E-state index contributed by atoms with van der Waals surface area (Å²) in [5.74, 6) is 1.80. The Hall–Kier alpha value is -1.02. The van der Waals surface area contributed by atoms with Crippen molar-refractivity contribution in [3.8, 4) is 5.75 Å². The molecule has 0 fully saturated rings. The van der Waals surface area contributed by atoms with Gasteiger partial charge in [0.05, 0.1) is 6.61 Å². The first-order chi connectivity index (χ1) is 9.89. The maximum absolute atomic E-state index is 5.72. The number of hydrogen-bond acceptors (Lipinski definition) is 2. The quantitative estimate of drug-likeness (QED) is 0.845. The molecular formula is C19H31NO. The first-order valence-corrected chi connectivity index (χ1v) is 8.32. The first kappa shape index (κ1) is 16.4. The molecular weight excluding hydrogens is 258 g/mol. The predicted octanol–water partition coefficient (Wildman–Crippen LogP) is 4.73. The molecule has 0 amide bonds. The van der Waals surface area contributed by atoms with Crippen molar-refractivity contribution in [2.45, 2.75) is 59.4 Å². The molecule has 0 aromatic heterocycles. The van der Waals surface area contributed by atoms with Crippen molar-refractivity contribution in [3.63, 3.8) is 0 Å². The molecule has 0 saturated carbocycles. The summed E-state index contributed by atoms with van der Waals surface area (Å²) >= 11 is 0. The van der Waals surface area contributed by atoms with Crippen LogP contribution in [0.2, 0.25) is 0 Å². The fraction of sp³-hybridized carbons (Fsp3) is 0.684. The van der Waals surface area contributed by atoms with Crippen LogP contribution >= 0.6 is 0 Å². The van der Waals surface area contributed by atoms with Gasteiger partial charge in [-0.2, -0.15) is 0 Å². The summed E-state index contributed by atoms with van der Waals surface area (Å²) in [6.45, 7) is 10.2. The minimum Gasteiger partial charge on any atom is -0.493 e. The van der Waals surface area contributed by atoms with E-state index in [0.717, 1.165) is 31.1 Å². The van der Waals surface area contributed by atoms with Crippen molar-refractivity contribution < 1.29 is 4.74 Å². The molecule has 1 aromatic carbocycles. The van der Waals surface area contributed by atoms with E-state index >= 15 is 0 Å². The molecule has 1 N–H and O–H groups in total. The smallest absolute Gasteiger partial charge is 0.122 e. The maximum atomic E-state index is 5.72. The van der Waals surface area contributed by atoms with E-state index in [0.29, 0.717) is 11.5 Å². The third-order valence-electron chi connectivity index (χ3n) is 4.28. The van der Waals surface area contributed by atoms with Crippen molar-refractivity contribution in [2.75, 3.05) is 13.7 Å². The highest BCUT2D eigenvalue weighted by atomic mass is 16.5. The van der Waals surface area contributed by atoms with Gasteiger partial charge in [-0.05, 0) is 61.3 Å².